The zero-order valence-electron chi connectivity index (χ0n) is 14.0. The normalized spacial score (nSPS) is 41.7. The molecule has 0 aromatic heterocycles. The highest BCUT2D eigenvalue weighted by atomic mass is 16.5. The number of esters is 1. The van der Waals surface area contributed by atoms with Gasteiger partial charge in [0.1, 0.15) is 5.76 Å². The summed E-state index contributed by atoms with van der Waals surface area (Å²) in [5, 5.41) is 0. The van der Waals surface area contributed by atoms with Gasteiger partial charge in [-0.3, -0.25) is 4.79 Å². The quantitative estimate of drug-likeness (QED) is 0.518. The van der Waals surface area contributed by atoms with Crippen LogP contribution in [0.5, 0.6) is 0 Å². The van der Waals surface area contributed by atoms with Crippen molar-refractivity contribution in [1.29, 1.82) is 0 Å². The molecule has 0 heterocycles. The van der Waals surface area contributed by atoms with Gasteiger partial charge >= 0.3 is 5.97 Å². The van der Waals surface area contributed by atoms with Crippen molar-refractivity contribution in [3.05, 3.63) is 23.5 Å². The first-order valence-corrected chi connectivity index (χ1v) is 9.21. The molecule has 0 amide bonds. The minimum Gasteiger partial charge on any atom is -0.430 e. The van der Waals surface area contributed by atoms with Crippen LogP contribution in [0.2, 0.25) is 0 Å². The van der Waals surface area contributed by atoms with E-state index in [1.807, 2.05) is 0 Å². The van der Waals surface area contributed by atoms with E-state index in [0.717, 1.165) is 25.0 Å². The second kappa shape index (κ2) is 4.97. The van der Waals surface area contributed by atoms with Crippen LogP contribution >= 0.6 is 0 Å². The number of fused-ring (bicyclic) bond motifs is 4. The average molecular weight is 300 g/mol. The molecule has 4 rings (SSSR count). The van der Waals surface area contributed by atoms with E-state index < -0.39 is 0 Å². The largest absolute Gasteiger partial charge is 0.430 e. The fourth-order valence-electron chi connectivity index (χ4n) is 5.55. The molecule has 2 nitrogen and oxygen atoms in total. The fourth-order valence-corrected chi connectivity index (χ4v) is 5.55. The predicted molar refractivity (Wildman–Crippen MR) is 87.0 cm³/mol. The first-order chi connectivity index (χ1) is 10.6. The first kappa shape index (κ1) is 14.5. The Kier molecular flexibility index (Phi) is 3.29. The minimum absolute atomic E-state index is 0.0382. The molecule has 2 heteroatoms. The van der Waals surface area contributed by atoms with E-state index in [9.17, 15) is 4.79 Å². The van der Waals surface area contributed by atoms with Crippen molar-refractivity contribution in [2.24, 2.45) is 22.7 Å². The van der Waals surface area contributed by atoms with Crippen LogP contribution in [0, 0.1) is 22.7 Å². The van der Waals surface area contributed by atoms with Gasteiger partial charge in [-0.15, -0.1) is 0 Å². The number of rotatable bonds is 5. The number of carbonyl (C=O) groups excluding carboxylic acids is 1. The van der Waals surface area contributed by atoms with Gasteiger partial charge in [0, 0.05) is 5.92 Å². The molecule has 22 heavy (non-hydrogen) atoms. The Balaban J connectivity index is 1.53. The smallest absolute Gasteiger partial charge is 0.321 e. The molecular formula is C20H28O2. The summed E-state index contributed by atoms with van der Waals surface area (Å²) in [6.45, 7) is 4.50. The van der Waals surface area contributed by atoms with Crippen molar-refractivity contribution in [3.8, 4) is 0 Å². The van der Waals surface area contributed by atoms with Gasteiger partial charge in [0.25, 0.3) is 0 Å². The Hall–Kier alpha value is -1.05. The molecule has 0 aromatic carbocycles. The number of hydrogen-bond acceptors (Lipinski definition) is 2. The van der Waals surface area contributed by atoms with Crippen LogP contribution in [0.4, 0.5) is 0 Å². The lowest BCUT2D eigenvalue weighted by atomic mass is 9.77. The summed E-state index contributed by atoms with van der Waals surface area (Å²) in [4.78, 5) is 12.8. The number of allylic oxidation sites excluding steroid dienone is 3. The van der Waals surface area contributed by atoms with Crippen LogP contribution in [-0.4, -0.2) is 5.97 Å². The molecule has 4 aliphatic rings. The lowest BCUT2D eigenvalue weighted by molar-refractivity contribution is -0.149. The zero-order valence-corrected chi connectivity index (χ0v) is 14.0. The van der Waals surface area contributed by atoms with Crippen LogP contribution in [-0.2, 0) is 9.53 Å². The second-order valence-electron chi connectivity index (χ2n) is 8.22. The average Bonchev–Trinajstić information content (AvgIpc) is 3.27. The van der Waals surface area contributed by atoms with E-state index in [0.29, 0.717) is 17.3 Å². The lowest BCUT2D eigenvalue weighted by Gasteiger charge is -2.30. The van der Waals surface area contributed by atoms with Gasteiger partial charge in [-0.1, -0.05) is 31.9 Å². The van der Waals surface area contributed by atoms with Crippen molar-refractivity contribution in [2.75, 3.05) is 0 Å². The molecule has 4 atom stereocenters. The summed E-state index contributed by atoms with van der Waals surface area (Å²) < 4.78 is 6.06. The molecule has 4 bridgehead atoms. The maximum Gasteiger partial charge on any atom is 0.321 e. The van der Waals surface area contributed by atoms with Gasteiger partial charge in [0.2, 0.25) is 0 Å². The Morgan fingerprint density at radius 2 is 2.18 bits per heavy atom. The Morgan fingerprint density at radius 3 is 2.82 bits per heavy atom. The maximum atomic E-state index is 12.8. The molecular weight excluding hydrogens is 272 g/mol. The van der Waals surface area contributed by atoms with Crippen LogP contribution in [0.15, 0.2) is 23.5 Å². The van der Waals surface area contributed by atoms with Crippen molar-refractivity contribution in [3.63, 3.8) is 0 Å². The van der Waals surface area contributed by atoms with Crippen molar-refractivity contribution in [2.45, 2.75) is 71.6 Å². The number of hydrogen-bond donors (Lipinski definition) is 0. The van der Waals surface area contributed by atoms with Crippen LogP contribution in [0.1, 0.15) is 71.6 Å². The minimum atomic E-state index is -0.281. The Bertz CT molecular complexity index is 558. The van der Waals surface area contributed by atoms with Crippen LogP contribution < -0.4 is 0 Å². The molecule has 120 valence electrons. The topological polar surface area (TPSA) is 26.3 Å². The van der Waals surface area contributed by atoms with Gasteiger partial charge in [0.15, 0.2) is 0 Å². The van der Waals surface area contributed by atoms with Gasteiger partial charge in [-0.2, -0.15) is 0 Å². The fraction of sp³-hybridized carbons (Fsp3) is 0.750. The van der Waals surface area contributed by atoms with Crippen molar-refractivity contribution >= 4 is 5.97 Å². The summed E-state index contributed by atoms with van der Waals surface area (Å²) >= 11 is 0. The highest BCUT2D eigenvalue weighted by Crippen LogP contribution is 2.60. The first-order valence-electron chi connectivity index (χ1n) is 9.21. The molecule has 0 spiro atoms. The molecule has 0 aromatic rings. The summed E-state index contributed by atoms with van der Waals surface area (Å²) in [5.41, 5.74) is 1.48. The summed E-state index contributed by atoms with van der Waals surface area (Å²) in [7, 11) is 0. The molecule has 4 aliphatic carbocycles. The predicted octanol–water partition coefficient (Wildman–Crippen LogP) is 5.15. The van der Waals surface area contributed by atoms with E-state index in [4.69, 9.17) is 4.74 Å². The molecule has 0 N–H and O–H groups in total. The van der Waals surface area contributed by atoms with E-state index in [1.165, 1.54) is 44.1 Å². The van der Waals surface area contributed by atoms with E-state index >= 15 is 0 Å². The van der Waals surface area contributed by atoms with Gasteiger partial charge in [-0.05, 0) is 68.8 Å². The monoisotopic (exact) mass is 300 g/mol. The molecule has 0 radical (unpaired) electrons. The Morgan fingerprint density at radius 1 is 1.32 bits per heavy atom. The number of carbonyl (C=O) groups is 1. The van der Waals surface area contributed by atoms with Crippen LogP contribution in [0.25, 0.3) is 0 Å². The van der Waals surface area contributed by atoms with Gasteiger partial charge in [0.05, 0.1) is 5.41 Å². The van der Waals surface area contributed by atoms with E-state index in [-0.39, 0.29) is 11.4 Å². The highest BCUT2D eigenvalue weighted by molar-refractivity contribution is 5.81. The van der Waals surface area contributed by atoms with Crippen LogP contribution in [0.3, 0.4) is 0 Å². The van der Waals surface area contributed by atoms with Crippen molar-refractivity contribution < 1.29 is 9.53 Å². The molecule has 0 aliphatic heterocycles. The standard InChI is InChI=1S/C20H28O2/c1-3-4-8-19-11-7-16(13-19)17(14(19)2)22-18(21)20-9-5-15(12-20)6-10-20/h5,9,15-16H,3-4,6-8,10-13H2,1-2H3. The van der Waals surface area contributed by atoms with Gasteiger partial charge < -0.3 is 4.74 Å². The molecule has 2 fully saturated rings. The number of unbranched alkanes of at least 4 members (excludes halogenated alkanes) is 1. The summed E-state index contributed by atoms with van der Waals surface area (Å²) in [6.07, 6.45) is 15.1. The summed E-state index contributed by atoms with van der Waals surface area (Å²) in [5.74, 6) is 2.24. The third kappa shape index (κ3) is 1.95. The van der Waals surface area contributed by atoms with Crippen molar-refractivity contribution in [1.82, 2.24) is 0 Å². The molecule has 0 saturated heterocycles. The lowest BCUT2D eigenvalue weighted by Crippen LogP contribution is -2.28. The molecule has 4 unspecified atom stereocenters. The van der Waals surface area contributed by atoms with E-state index in [1.54, 1.807) is 0 Å². The maximum absolute atomic E-state index is 12.8. The second-order valence-corrected chi connectivity index (χ2v) is 8.22. The van der Waals surface area contributed by atoms with E-state index in [2.05, 4.69) is 26.0 Å². The number of ether oxygens (including phenoxy) is 1. The van der Waals surface area contributed by atoms with Gasteiger partial charge in [-0.25, -0.2) is 0 Å². The summed E-state index contributed by atoms with van der Waals surface area (Å²) in [6, 6.07) is 0. The SMILES string of the molecule is CCCCC12CCC(C1)C(OC(=O)C13C=CC(CC1)C3)=C2C. The third-order valence-electron chi connectivity index (χ3n) is 7.04. The Labute approximate surface area is 134 Å². The zero-order chi connectivity index (χ0) is 15.4. The third-order valence-corrected chi connectivity index (χ3v) is 7.04. The highest BCUT2D eigenvalue weighted by Gasteiger charge is 2.53. The molecule has 2 saturated carbocycles.